The Morgan fingerprint density at radius 1 is 1.25 bits per heavy atom. The molecule has 1 amide bonds. The number of carbonyl (C=O) groups excluding carboxylic acids is 1. The summed E-state index contributed by atoms with van der Waals surface area (Å²) in [5.41, 5.74) is 5.81. The summed E-state index contributed by atoms with van der Waals surface area (Å²) in [5.74, 6) is 0.875. The van der Waals surface area contributed by atoms with Gasteiger partial charge in [-0.25, -0.2) is 4.79 Å². The zero-order chi connectivity index (χ0) is 15.5. The van der Waals surface area contributed by atoms with Gasteiger partial charge in [-0.1, -0.05) is 20.8 Å². The van der Waals surface area contributed by atoms with Gasteiger partial charge in [-0.15, -0.1) is 0 Å². The number of alkyl carbamates (subject to hydrolysis) is 1. The van der Waals surface area contributed by atoms with Crippen molar-refractivity contribution in [2.45, 2.75) is 59.5 Å². The van der Waals surface area contributed by atoms with E-state index < -0.39 is 6.09 Å². The molecule has 0 aromatic carbocycles. The quantitative estimate of drug-likeness (QED) is 0.469. The van der Waals surface area contributed by atoms with E-state index in [1.165, 1.54) is 0 Å². The van der Waals surface area contributed by atoms with E-state index in [4.69, 9.17) is 10.5 Å². The first kappa shape index (κ1) is 18.5. The second-order valence-corrected chi connectivity index (χ2v) is 5.37. The second-order valence-electron chi connectivity index (χ2n) is 5.37. The lowest BCUT2D eigenvalue weighted by Gasteiger charge is -2.19. The molecule has 20 heavy (non-hydrogen) atoms. The summed E-state index contributed by atoms with van der Waals surface area (Å²) >= 11 is 0. The summed E-state index contributed by atoms with van der Waals surface area (Å²) in [6.45, 7) is 10.9. The van der Waals surface area contributed by atoms with Gasteiger partial charge < -0.3 is 21.1 Å². The number of nitrogens with zero attached hydrogens (tertiary/aromatic N) is 1. The van der Waals surface area contributed by atoms with Crippen LogP contribution < -0.4 is 16.4 Å². The van der Waals surface area contributed by atoms with Gasteiger partial charge in [-0.05, 0) is 32.6 Å². The van der Waals surface area contributed by atoms with Crippen LogP contribution in [-0.4, -0.2) is 37.3 Å². The van der Waals surface area contributed by atoms with E-state index in [0.29, 0.717) is 31.1 Å². The van der Waals surface area contributed by atoms with Crippen LogP contribution in [0, 0.1) is 5.92 Å². The highest BCUT2D eigenvalue weighted by Gasteiger charge is 2.14. The number of ether oxygens (including phenoxy) is 1. The fraction of sp³-hybridized carbons (Fsp3) is 0.857. The first-order chi connectivity index (χ1) is 9.38. The summed E-state index contributed by atoms with van der Waals surface area (Å²) in [4.78, 5) is 15.8. The van der Waals surface area contributed by atoms with Gasteiger partial charge in [-0.2, -0.15) is 0 Å². The van der Waals surface area contributed by atoms with E-state index >= 15 is 0 Å². The van der Waals surface area contributed by atoms with Crippen LogP contribution in [-0.2, 0) is 4.74 Å². The van der Waals surface area contributed by atoms with E-state index in [0.717, 1.165) is 12.8 Å². The van der Waals surface area contributed by atoms with Gasteiger partial charge in [-0.3, -0.25) is 4.99 Å². The average Bonchev–Trinajstić information content (AvgIpc) is 2.35. The number of aliphatic imine (C=N–C) groups is 1. The van der Waals surface area contributed by atoms with E-state index in [2.05, 4.69) is 36.4 Å². The maximum Gasteiger partial charge on any atom is 0.407 e. The lowest BCUT2D eigenvalue weighted by molar-refractivity contribution is 0.147. The predicted molar refractivity (Wildman–Crippen MR) is 82.8 cm³/mol. The van der Waals surface area contributed by atoms with Crippen LogP contribution in [0.4, 0.5) is 4.79 Å². The molecule has 0 saturated carbocycles. The zero-order valence-corrected chi connectivity index (χ0v) is 13.4. The van der Waals surface area contributed by atoms with Crippen LogP contribution in [0.15, 0.2) is 4.99 Å². The first-order valence-electron chi connectivity index (χ1n) is 7.38. The Morgan fingerprint density at radius 2 is 1.90 bits per heavy atom. The highest BCUT2D eigenvalue weighted by Crippen LogP contribution is 2.05. The standard InChI is InChI=1S/C14H30N4O2/c1-6-11(5)17-13(15)16-9-12(8-10(3)4)18-14(19)20-7-2/h10-12H,6-9H2,1-5H3,(H,18,19)(H3,15,16,17). The molecular formula is C14H30N4O2. The van der Waals surface area contributed by atoms with Gasteiger partial charge in [0.2, 0.25) is 0 Å². The van der Waals surface area contributed by atoms with Crippen LogP contribution in [0.2, 0.25) is 0 Å². The summed E-state index contributed by atoms with van der Waals surface area (Å²) < 4.78 is 4.90. The Balaban J connectivity index is 4.41. The summed E-state index contributed by atoms with van der Waals surface area (Å²) in [6.07, 6.45) is 1.41. The number of nitrogens with one attached hydrogen (secondary N) is 2. The maximum atomic E-state index is 11.5. The highest BCUT2D eigenvalue weighted by molar-refractivity contribution is 5.78. The number of hydrogen-bond donors (Lipinski definition) is 3. The second kappa shape index (κ2) is 10.3. The van der Waals surface area contributed by atoms with Crippen LogP contribution in [0.5, 0.6) is 0 Å². The zero-order valence-electron chi connectivity index (χ0n) is 13.4. The van der Waals surface area contributed by atoms with Gasteiger partial charge in [0, 0.05) is 6.04 Å². The van der Waals surface area contributed by atoms with Crippen LogP contribution in [0.3, 0.4) is 0 Å². The summed E-state index contributed by atoms with van der Waals surface area (Å²) in [7, 11) is 0. The Labute approximate surface area is 122 Å². The number of nitrogens with two attached hydrogens (primary N) is 1. The van der Waals surface area contributed by atoms with E-state index in [9.17, 15) is 4.79 Å². The molecule has 2 atom stereocenters. The highest BCUT2D eigenvalue weighted by atomic mass is 16.5. The molecule has 0 aliphatic carbocycles. The molecule has 0 fully saturated rings. The monoisotopic (exact) mass is 286 g/mol. The third kappa shape index (κ3) is 9.47. The number of carbonyl (C=O) groups is 1. The molecule has 0 radical (unpaired) electrons. The molecule has 0 heterocycles. The molecule has 6 nitrogen and oxygen atoms in total. The molecule has 118 valence electrons. The van der Waals surface area contributed by atoms with Crippen molar-refractivity contribution < 1.29 is 9.53 Å². The van der Waals surface area contributed by atoms with E-state index in [-0.39, 0.29) is 6.04 Å². The molecule has 6 heteroatoms. The van der Waals surface area contributed by atoms with Crippen molar-refractivity contribution in [2.75, 3.05) is 13.2 Å². The fourth-order valence-corrected chi connectivity index (χ4v) is 1.70. The largest absolute Gasteiger partial charge is 0.450 e. The van der Waals surface area contributed by atoms with Gasteiger partial charge >= 0.3 is 6.09 Å². The molecule has 0 bridgehead atoms. The van der Waals surface area contributed by atoms with Crippen molar-refractivity contribution in [3.63, 3.8) is 0 Å². The molecule has 0 aromatic rings. The van der Waals surface area contributed by atoms with Crippen LogP contribution in [0.1, 0.15) is 47.5 Å². The molecule has 0 aliphatic heterocycles. The number of amides is 1. The van der Waals surface area contributed by atoms with Crippen molar-refractivity contribution in [1.82, 2.24) is 10.6 Å². The van der Waals surface area contributed by atoms with Crippen molar-refractivity contribution in [1.29, 1.82) is 0 Å². The van der Waals surface area contributed by atoms with Gasteiger partial charge in [0.25, 0.3) is 0 Å². The molecule has 0 aromatic heterocycles. The minimum atomic E-state index is -0.401. The Bertz CT molecular complexity index is 306. The lowest BCUT2D eigenvalue weighted by atomic mass is 10.0. The molecular weight excluding hydrogens is 256 g/mol. The van der Waals surface area contributed by atoms with Crippen LogP contribution in [0.25, 0.3) is 0 Å². The lowest BCUT2D eigenvalue weighted by Crippen LogP contribution is -2.41. The topological polar surface area (TPSA) is 88.7 Å². The van der Waals surface area contributed by atoms with Crippen molar-refractivity contribution >= 4 is 12.1 Å². The smallest absolute Gasteiger partial charge is 0.407 e. The summed E-state index contributed by atoms with van der Waals surface area (Å²) in [6, 6.07) is 0.228. The van der Waals surface area contributed by atoms with Crippen molar-refractivity contribution in [2.24, 2.45) is 16.6 Å². The SMILES string of the molecule is CCOC(=O)NC(CN=C(N)NC(C)CC)CC(C)C. The molecule has 4 N–H and O–H groups in total. The average molecular weight is 286 g/mol. The molecule has 0 aliphatic rings. The minimum Gasteiger partial charge on any atom is -0.450 e. The van der Waals surface area contributed by atoms with Gasteiger partial charge in [0.05, 0.1) is 19.2 Å². The molecule has 0 saturated heterocycles. The van der Waals surface area contributed by atoms with Crippen molar-refractivity contribution in [3.05, 3.63) is 0 Å². The van der Waals surface area contributed by atoms with E-state index in [1.54, 1.807) is 6.92 Å². The predicted octanol–water partition coefficient (Wildman–Crippen LogP) is 1.85. The molecule has 2 unspecified atom stereocenters. The van der Waals surface area contributed by atoms with Crippen molar-refractivity contribution in [3.8, 4) is 0 Å². The normalized spacial score (nSPS) is 14.8. The Hall–Kier alpha value is -1.46. The maximum absolute atomic E-state index is 11.5. The molecule has 0 spiro atoms. The van der Waals surface area contributed by atoms with Gasteiger partial charge in [0.15, 0.2) is 5.96 Å². The first-order valence-corrected chi connectivity index (χ1v) is 7.38. The minimum absolute atomic E-state index is 0.0636. The Kier molecular flexibility index (Phi) is 9.59. The third-order valence-corrected chi connectivity index (χ3v) is 2.84. The molecule has 0 rings (SSSR count). The van der Waals surface area contributed by atoms with E-state index in [1.807, 2.05) is 6.92 Å². The number of guanidine groups is 1. The summed E-state index contributed by atoms with van der Waals surface area (Å²) in [5, 5.41) is 5.92. The number of hydrogen-bond acceptors (Lipinski definition) is 3. The fourth-order valence-electron chi connectivity index (χ4n) is 1.70. The number of rotatable bonds is 8. The third-order valence-electron chi connectivity index (χ3n) is 2.84. The Morgan fingerprint density at radius 3 is 2.40 bits per heavy atom. The van der Waals surface area contributed by atoms with Crippen LogP contribution >= 0.6 is 0 Å². The van der Waals surface area contributed by atoms with Gasteiger partial charge in [0.1, 0.15) is 0 Å².